The first-order valence-corrected chi connectivity index (χ1v) is 9.81. The van der Waals surface area contributed by atoms with Crippen LogP contribution in [0.25, 0.3) is 22.0 Å². The van der Waals surface area contributed by atoms with Crippen LogP contribution in [0.1, 0.15) is 51.3 Å². The van der Waals surface area contributed by atoms with Gasteiger partial charge < -0.3 is 14.8 Å². The molecule has 0 unspecified atom stereocenters. The monoisotopic (exact) mass is 378 g/mol. The van der Waals surface area contributed by atoms with Crippen LogP contribution in [0, 0.1) is 17.8 Å². The predicted octanol–water partition coefficient (Wildman–Crippen LogP) is 3.27. The summed E-state index contributed by atoms with van der Waals surface area (Å²) in [7, 11) is 0. The van der Waals surface area contributed by atoms with E-state index in [1.54, 1.807) is 13.8 Å². The van der Waals surface area contributed by atoms with Crippen molar-refractivity contribution < 1.29 is 10.2 Å². The van der Waals surface area contributed by atoms with Crippen LogP contribution in [-0.2, 0) is 0 Å². The quantitative estimate of drug-likeness (QED) is 0.611. The van der Waals surface area contributed by atoms with Crippen LogP contribution in [0.4, 0.5) is 0 Å². The Kier molecular flexibility index (Phi) is 4.96. The Balaban J connectivity index is 1.78. The number of aliphatic hydroxyl groups excluding tert-OH is 1. The molecule has 0 radical (unpaired) electrons. The Labute approximate surface area is 164 Å². The molecule has 3 aromatic heterocycles. The third-order valence-corrected chi connectivity index (χ3v) is 5.49. The SMILES string of the molecule is CC(C)(O)C#Cc1cc2c(-c3cn[nH]c3)cn(C3CCC(CO)CC3)c2cn1. The second kappa shape index (κ2) is 7.42. The van der Waals surface area contributed by atoms with Crippen molar-refractivity contribution in [3.63, 3.8) is 0 Å². The summed E-state index contributed by atoms with van der Waals surface area (Å²) in [5.74, 6) is 6.24. The van der Waals surface area contributed by atoms with E-state index in [0.717, 1.165) is 47.7 Å². The topological polar surface area (TPSA) is 87.0 Å². The van der Waals surface area contributed by atoms with Gasteiger partial charge in [-0.05, 0) is 57.4 Å². The van der Waals surface area contributed by atoms with E-state index in [4.69, 9.17) is 0 Å². The predicted molar refractivity (Wildman–Crippen MR) is 109 cm³/mol. The smallest absolute Gasteiger partial charge is 0.120 e. The third kappa shape index (κ3) is 3.82. The van der Waals surface area contributed by atoms with Gasteiger partial charge in [-0.3, -0.25) is 5.10 Å². The second-order valence-corrected chi connectivity index (χ2v) is 8.19. The Morgan fingerprint density at radius 3 is 2.68 bits per heavy atom. The van der Waals surface area contributed by atoms with Crippen molar-refractivity contribution in [3.05, 3.63) is 36.5 Å². The molecule has 1 saturated carbocycles. The van der Waals surface area contributed by atoms with Gasteiger partial charge in [-0.25, -0.2) is 4.98 Å². The number of aromatic amines is 1. The first-order valence-electron chi connectivity index (χ1n) is 9.81. The lowest BCUT2D eigenvalue weighted by Crippen LogP contribution is -2.19. The molecular weight excluding hydrogens is 352 g/mol. The molecule has 0 amide bonds. The van der Waals surface area contributed by atoms with Gasteiger partial charge in [0.25, 0.3) is 0 Å². The van der Waals surface area contributed by atoms with E-state index >= 15 is 0 Å². The summed E-state index contributed by atoms with van der Waals surface area (Å²) in [5, 5.41) is 27.4. The molecule has 146 valence electrons. The zero-order chi connectivity index (χ0) is 19.7. The molecule has 3 aromatic rings. The molecule has 0 bridgehead atoms. The van der Waals surface area contributed by atoms with E-state index in [9.17, 15) is 10.2 Å². The average molecular weight is 378 g/mol. The van der Waals surface area contributed by atoms with E-state index in [1.807, 2.05) is 24.7 Å². The van der Waals surface area contributed by atoms with Gasteiger partial charge in [0.1, 0.15) is 11.3 Å². The van der Waals surface area contributed by atoms with Crippen LogP contribution in [0.2, 0.25) is 0 Å². The van der Waals surface area contributed by atoms with Crippen LogP contribution in [0.3, 0.4) is 0 Å². The number of aliphatic hydroxyl groups is 2. The standard InChI is InChI=1S/C22H26N4O2/c1-22(2,28)8-7-17-9-19-20(16-10-24-25-11-16)13-26(21(19)12-23-17)18-5-3-15(14-27)4-6-18/h9-13,15,18,27-28H,3-6,14H2,1-2H3,(H,24,25). The molecule has 3 heterocycles. The van der Waals surface area contributed by atoms with Gasteiger partial charge in [-0.1, -0.05) is 5.92 Å². The van der Waals surface area contributed by atoms with Crippen LogP contribution in [-0.4, -0.2) is 42.2 Å². The molecule has 0 atom stereocenters. The maximum atomic E-state index is 9.88. The van der Waals surface area contributed by atoms with Gasteiger partial charge in [0.2, 0.25) is 0 Å². The van der Waals surface area contributed by atoms with Gasteiger partial charge in [-0.2, -0.15) is 5.10 Å². The molecule has 3 N–H and O–H groups in total. The lowest BCUT2D eigenvalue weighted by molar-refractivity contribution is 0.143. The fourth-order valence-electron chi connectivity index (χ4n) is 3.97. The normalized spacial score (nSPS) is 20.1. The summed E-state index contributed by atoms with van der Waals surface area (Å²) < 4.78 is 2.32. The highest BCUT2D eigenvalue weighted by Crippen LogP contribution is 2.38. The Morgan fingerprint density at radius 1 is 1.25 bits per heavy atom. The van der Waals surface area contributed by atoms with Crippen molar-refractivity contribution in [1.82, 2.24) is 19.7 Å². The van der Waals surface area contributed by atoms with Crippen molar-refractivity contribution in [3.8, 4) is 23.0 Å². The molecule has 1 aliphatic rings. The lowest BCUT2D eigenvalue weighted by atomic mass is 9.86. The summed E-state index contributed by atoms with van der Waals surface area (Å²) in [6.07, 6.45) is 12.0. The van der Waals surface area contributed by atoms with Gasteiger partial charge >= 0.3 is 0 Å². The number of hydrogen-bond acceptors (Lipinski definition) is 4. The average Bonchev–Trinajstić information content (AvgIpc) is 3.33. The molecule has 1 fully saturated rings. The van der Waals surface area contributed by atoms with Crippen LogP contribution >= 0.6 is 0 Å². The number of aromatic nitrogens is 4. The van der Waals surface area contributed by atoms with Gasteiger partial charge in [0.15, 0.2) is 0 Å². The molecule has 6 nitrogen and oxygen atoms in total. The Morgan fingerprint density at radius 2 is 2.04 bits per heavy atom. The minimum Gasteiger partial charge on any atom is -0.396 e. The number of nitrogens with zero attached hydrogens (tertiary/aromatic N) is 3. The maximum Gasteiger partial charge on any atom is 0.120 e. The first-order chi connectivity index (χ1) is 13.4. The molecule has 4 rings (SSSR count). The van der Waals surface area contributed by atoms with Crippen molar-refractivity contribution in [2.24, 2.45) is 5.92 Å². The summed E-state index contributed by atoms with van der Waals surface area (Å²) in [4.78, 5) is 4.52. The molecule has 0 aromatic carbocycles. The number of nitrogens with one attached hydrogen (secondary N) is 1. The van der Waals surface area contributed by atoms with E-state index in [0.29, 0.717) is 17.7 Å². The minimum atomic E-state index is -1.05. The molecule has 6 heteroatoms. The van der Waals surface area contributed by atoms with E-state index in [1.165, 1.54) is 0 Å². The van der Waals surface area contributed by atoms with Gasteiger partial charge in [0, 0.05) is 41.6 Å². The van der Waals surface area contributed by atoms with Crippen LogP contribution in [0.15, 0.2) is 30.9 Å². The van der Waals surface area contributed by atoms with E-state index in [-0.39, 0.29) is 6.61 Å². The largest absolute Gasteiger partial charge is 0.396 e. The molecular formula is C22H26N4O2. The number of fused-ring (bicyclic) bond motifs is 1. The fourth-order valence-corrected chi connectivity index (χ4v) is 3.97. The molecule has 1 aliphatic carbocycles. The Bertz CT molecular complexity index is 1010. The molecule has 28 heavy (non-hydrogen) atoms. The first kappa shape index (κ1) is 18.7. The van der Waals surface area contributed by atoms with Crippen molar-refractivity contribution in [2.75, 3.05) is 6.61 Å². The summed E-state index contributed by atoms with van der Waals surface area (Å²) >= 11 is 0. The number of rotatable bonds is 3. The molecule has 0 spiro atoms. The second-order valence-electron chi connectivity index (χ2n) is 8.19. The summed E-state index contributed by atoms with van der Waals surface area (Å²) in [6.45, 7) is 3.60. The zero-order valence-electron chi connectivity index (χ0n) is 16.3. The highest BCUT2D eigenvalue weighted by atomic mass is 16.3. The molecule has 0 saturated heterocycles. The summed E-state index contributed by atoms with van der Waals surface area (Å²) in [5.41, 5.74) is 2.79. The highest BCUT2D eigenvalue weighted by Gasteiger charge is 2.24. The van der Waals surface area contributed by atoms with Gasteiger partial charge in [-0.15, -0.1) is 0 Å². The third-order valence-electron chi connectivity index (χ3n) is 5.49. The fraction of sp³-hybridized carbons (Fsp3) is 0.455. The maximum absolute atomic E-state index is 9.88. The van der Waals surface area contributed by atoms with E-state index in [2.05, 4.69) is 37.8 Å². The Hall–Kier alpha value is -2.62. The lowest BCUT2D eigenvalue weighted by Gasteiger charge is -2.29. The molecule has 0 aliphatic heterocycles. The number of hydrogen-bond donors (Lipinski definition) is 3. The highest BCUT2D eigenvalue weighted by molar-refractivity contribution is 5.96. The summed E-state index contributed by atoms with van der Waals surface area (Å²) in [6, 6.07) is 2.40. The number of pyridine rings is 1. The zero-order valence-corrected chi connectivity index (χ0v) is 16.3. The van der Waals surface area contributed by atoms with Gasteiger partial charge in [0.05, 0.1) is 17.9 Å². The number of H-pyrrole nitrogens is 1. The van der Waals surface area contributed by atoms with E-state index < -0.39 is 5.60 Å². The van der Waals surface area contributed by atoms with Crippen LogP contribution in [0.5, 0.6) is 0 Å². The van der Waals surface area contributed by atoms with Crippen LogP contribution < -0.4 is 0 Å². The van der Waals surface area contributed by atoms with Crippen molar-refractivity contribution in [2.45, 2.75) is 51.2 Å². The minimum absolute atomic E-state index is 0.282. The van der Waals surface area contributed by atoms with Crippen molar-refractivity contribution in [1.29, 1.82) is 0 Å². The van der Waals surface area contributed by atoms with Crippen molar-refractivity contribution >= 4 is 10.9 Å².